The molecular weight excluding hydrogens is 453 g/mol. The average molecular weight is 487 g/mol. The third-order valence-electron chi connectivity index (χ3n) is 4.92. The van der Waals surface area contributed by atoms with Crippen molar-refractivity contribution >= 4 is 29.9 Å². The van der Waals surface area contributed by atoms with E-state index in [0.29, 0.717) is 0 Å². The maximum atomic E-state index is 5.78. The van der Waals surface area contributed by atoms with Crippen LogP contribution in [0.25, 0.3) is 0 Å². The van der Waals surface area contributed by atoms with E-state index in [1.807, 2.05) is 25.4 Å². The van der Waals surface area contributed by atoms with Crippen LogP contribution in [0, 0.1) is 11.8 Å². The Labute approximate surface area is 180 Å². The molecule has 1 aliphatic heterocycles. The summed E-state index contributed by atoms with van der Waals surface area (Å²) in [5.74, 6) is 3.17. The summed E-state index contributed by atoms with van der Waals surface area (Å²) in [4.78, 5) is 13.7. The van der Waals surface area contributed by atoms with Gasteiger partial charge in [-0.2, -0.15) is 0 Å². The molecule has 0 amide bonds. The lowest BCUT2D eigenvalue weighted by Gasteiger charge is -2.37. The third-order valence-corrected chi connectivity index (χ3v) is 4.92. The number of aromatic nitrogens is 1. The van der Waals surface area contributed by atoms with Crippen molar-refractivity contribution in [2.24, 2.45) is 16.8 Å². The van der Waals surface area contributed by atoms with Crippen LogP contribution in [0.5, 0.6) is 5.88 Å². The van der Waals surface area contributed by atoms with Crippen molar-refractivity contribution in [2.75, 3.05) is 46.4 Å². The van der Waals surface area contributed by atoms with E-state index in [0.717, 1.165) is 63.0 Å². The number of ether oxygens (including phenoxy) is 1. The van der Waals surface area contributed by atoms with Gasteiger partial charge in [0, 0.05) is 58.6 Å². The molecule has 1 aliphatic carbocycles. The van der Waals surface area contributed by atoms with E-state index in [2.05, 4.69) is 38.9 Å². The van der Waals surface area contributed by atoms with E-state index < -0.39 is 0 Å². The highest BCUT2D eigenvalue weighted by Gasteiger charge is 2.22. The second-order valence-corrected chi connectivity index (χ2v) is 7.84. The van der Waals surface area contributed by atoms with Crippen molar-refractivity contribution in [3.63, 3.8) is 0 Å². The van der Waals surface area contributed by atoms with Crippen LogP contribution in [0.3, 0.4) is 0 Å². The zero-order valence-corrected chi connectivity index (χ0v) is 19.2. The molecule has 0 aromatic carbocycles. The predicted octanol–water partition coefficient (Wildman–Crippen LogP) is 2.84. The maximum absolute atomic E-state index is 5.78. The lowest BCUT2D eigenvalue weighted by atomic mass is 10.2. The van der Waals surface area contributed by atoms with E-state index in [1.54, 1.807) is 0 Å². The molecule has 2 aliphatic rings. The molecule has 0 bridgehead atoms. The van der Waals surface area contributed by atoms with Crippen LogP contribution in [-0.2, 0) is 6.54 Å². The number of halogens is 1. The molecule has 27 heavy (non-hydrogen) atoms. The first-order chi connectivity index (χ1) is 12.6. The van der Waals surface area contributed by atoms with E-state index in [1.165, 1.54) is 24.9 Å². The Balaban J connectivity index is 0.00000261. The second-order valence-electron chi connectivity index (χ2n) is 7.84. The fourth-order valence-electron chi connectivity index (χ4n) is 3.30. The molecular formula is C20H34IN5O. The molecule has 0 radical (unpaired) electrons. The van der Waals surface area contributed by atoms with E-state index in [-0.39, 0.29) is 24.0 Å². The summed E-state index contributed by atoms with van der Waals surface area (Å²) < 4.78 is 5.78. The molecule has 1 N–H and O–H groups in total. The van der Waals surface area contributed by atoms with Gasteiger partial charge in [0.05, 0.1) is 6.61 Å². The van der Waals surface area contributed by atoms with Gasteiger partial charge in [0.2, 0.25) is 5.88 Å². The molecule has 152 valence electrons. The molecule has 1 aromatic heterocycles. The zero-order valence-electron chi connectivity index (χ0n) is 16.9. The summed E-state index contributed by atoms with van der Waals surface area (Å²) in [6, 6.07) is 4.06. The lowest BCUT2D eigenvalue weighted by Crippen LogP contribution is -2.52. The van der Waals surface area contributed by atoms with Crippen LogP contribution >= 0.6 is 24.0 Å². The van der Waals surface area contributed by atoms with E-state index in [9.17, 15) is 0 Å². The Kier molecular flexibility index (Phi) is 9.08. The summed E-state index contributed by atoms with van der Waals surface area (Å²) in [6.07, 6.45) is 4.41. The largest absolute Gasteiger partial charge is 0.477 e. The number of aliphatic imine (C=N–C) groups is 1. The van der Waals surface area contributed by atoms with Gasteiger partial charge < -0.3 is 15.0 Å². The van der Waals surface area contributed by atoms with Gasteiger partial charge in [-0.05, 0) is 36.3 Å². The first-order valence-corrected chi connectivity index (χ1v) is 9.89. The van der Waals surface area contributed by atoms with Crippen LogP contribution in [0.1, 0.15) is 32.3 Å². The van der Waals surface area contributed by atoms with Crippen LogP contribution in [0.15, 0.2) is 23.3 Å². The second kappa shape index (κ2) is 11.0. The molecule has 2 heterocycles. The van der Waals surface area contributed by atoms with Gasteiger partial charge in [-0.15, -0.1) is 24.0 Å². The molecule has 0 spiro atoms. The fraction of sp³-hybridized carbons (Fsp3) is 0.700. The molecule has 0 atom stereocenters. The first kappa shape index (κ1) is 22.2. The minimum Gasteiger partial charge on any atom is -0.477 e. The zero-order chi connectivity index (χ0) is 18.4. The first-order valence-electron chi connectivity index (χ1n) is 9.89. The Morgan fingerprint density at radius 1 is 1.30 bits per heavy atom. The number of hydrogen-bond acceptors (Lipinski definition) is 4. The number of pyridine rings is 1. The highest BCUT2D eigenvalue weighted by Crippen LogP contribution is 2.29. The molecule has 6 nitrogen and oxygen atoms in total. The van der Waals surface area contributed by atoms with Crippen molar-refractivity contribution in [2.45, 2.75) is 33.2 Å². The van der Waals surface area contributed by atoms with Crippen molar-refractivity contribution in [3.8, 4) is 5.88 Å². The molecule has 7 heteroatoms. The predicted molar refractivity (Wildman–Crippen MR) is 121 cm³/mol. The molecule has 3 rings (SSSR count). The van der Waals surface area contributed by atoms with Gasteiger partial charge >= 0.3 is 0 Å². The SMILES string of the molecule is CN=C(NCc1ccnc(OCC2CC2)c1)N1CCN(CC(C)C)CC1.I. The van der Waals surface area contributed by atoms with Crippen molar-refractivity contribution < 1.29 is 4.74 Å². The normalized spacial score (nSPS) is 18.4. The van der Waals surface area contributed by atoms with Gasteiger partial charge in [-0.25, -0.2) is 4.98 Å². The van der Waals surface area contributed by atoms with Gasteiger partial charge in [0.15, 0.2) is 5.96 Å². The number of hydrogen-bond donors (Lipinski definition) is 1. The number of piperazine rings is 1. The molecule has 1 saturated heterocycles. The monoisotopic (exact) mass is 487 g/mol. The van der Waals surface area contributed by atoms with Crippen molar-refractivity contribution in [1.29, 1.82) is 0 Å². The quantitative estimate of drug-likeness (QED) is 0.364. The van der Waals surface area contributed by atoms with Crippen LogP contribution in [0.2, 0.25) is 0 Å². The number of nitrogens with one attached hydrogen (secondary N) is 1. The molecule has 1 aromatic rings. The number of rotatable bonds is 7. The average Bonchev–Trinajstić information content (AvgIpc) is 3.46. The molecule has 0 unspecified atom stereocenters. The van der Waals surface area contributed by atoms with Crippen LogP contribution < -0.4 is 10.1 Å². The molecule has 2 fully saturated rings. The fourth-order valence-corrected chi connectivity index (χ4v) is 3.30. The summed E-state index contributed by atoms with van der Waals surface area (Å²) in [6.45, 7) is 11.5. The maximum Gasteiger partial charge on any atom is 0.213 e. The summed E-state index contributed by atoms with van der Waals surface area (Å²) >= 11 is 0. The smallest absolute Gasteiger partial charge is 0.213 e. The van der Waals surface area contributed by atoms with Crippen LogP contribution in [0.4, 0.5) is 0 Å². The van der Waals surface area contributed by atoms with Gasteiger partial charge in [0.25, 0.3) is 0 Å². The van der Waals surface area contributed by atoms with Gasteiger partial charge in [-0.1, -0.05) is 13.8 Å². The number of nitrogens with zero attached hydrogens (tertiary/aromatic N) is 4. The molecule has 1 saturated carbocycles. The Morgan fingerprint density at radius 3 is 2.67 bits per heavy atom. The van der Waals surface area contributed by atoms with Crippen molar-refractivity contribution in [1.82, 2.24) is 20.1 Å². The topological polar surface area (TPSA) is 53.0 Å². The van der Waals surface area contributed by atoms with Gasteiger partial charge in [-0.3, -0.25) is 9.89 Å². The standard InChI is InChI=1S/C20H33N5O.HI/c1-16(2)14-24-8-10-25(11-9-24)20(21-3)23-13-18-6-7-22-19(12-18)26-15-17-4-5-17;/h6-7,12,16-17H,4-5,8-11,13-15H2,1-3H3,(H,21,23);1H. The summed E-state index contributed by atoms with van der Waals surface area (Å²) in [5, 5.41) is 3.49. The third kappa shape index (κ3) is 7.44. The Hall–Kier alpha value is -1.09. The number of guanidine groups is 1. The summed E-state index contributed by atoms with van der Waals surface area (Å²) in [7, 11) is 1.86. The minimum absolute atomic E-state index is 0. The van der Waals surface area contributed by atoms with Gasteiger partial charge in [0.1, 0.15) is 0 Å². The van der Waals surface area contributed by atoms with E-state index >= 15 is 0 Å². The van der Waals surface area contributed by atoms with E-state index in [4.69, 9.17) is 4.74 Å². The highest BCUT2D eigenvalue weighted by atomic mass is 127. The highest BCUT2D eigenvalue weighted by molar-refractivity contribution is 14.0. The van der Waals surface area contributed by atoms with Crippen molar-refractivity contribution in [3.05, 3.63) is 23.9 Å². The Bertz CT molecular complexity index is 598. The Morgan fingerprint density at radius 2 is 2.04 bits per heavy atom. The van der Waals surface area contributed by atoms with Crippen LogP contribution in [-0.4, -0.2) is 67.1 Å². The summed E-state index contributed by atoms with van der Waals surface area (Å²) in [5.41, 5.74) is 1.17. The lowest BCUT2D eigenvalue weighted by molar-refractivity contribution is 0.164. The minimum atomic E-state index is 0.